The Balaban J connectivity index is 1.70. The predicted octanol–water partition coefficient (Wildman–Crippen LogP) is 2.78. The van der Waals surface area contributed by atoms with Crippen molar-refractivity contribution in [3.63, 3.8) is 0 Å². The normalized spacial score (nSPS) is 15.2. The minimum atomic E-state index is -3.89. The van der Waals surface area contributed by atoms with Gasteiger partial charge in [0.25, 0.3) is 0 Å². The molecule has 160 valence electrons. The number of sulfonamides is 1. The number of ether oxygens (including phenoxy) is 1. The van der Waals surface area contributed by atoms with Crippen molar-refractivity contribution in [2.45, 2.75) is 30.7 Å². The number of anilines is 2. The van der Waals surface area contributed by atoms with Gasteiger partial charge in [-0.2, -0.15) is 4.72 Å². The van der Waals surface area contributed by atoms with Crippen LogP contribution in [0.1, 0.15) is 19.8 Å². The monoisotopic (exact) mass is 451 g/mol. The number of hydrogen-bond acceptors (Lipinski definition) is 5. The largest absolute Gasteiger partial charge is 0.494 e. The standard InChI is InChI=1S/C20H22ClN3O5S/c1-13(23-30(27,28)16-8-5-14(21)6-9-16)20(26)22-15-7-10-17(18(12-15)29-2)24-11-3-4-19(24)25/h5-10,12-13,23H,3-4,11H2,1-2H3,(H,22,26)/t13-/m0/s1. The second-order valence-electron chi connectivity index (χ2n) is 6.82. The third kappa shape index (κ3) is 4.92. The zero-order valence-corrected chi connectivity index (χ0v) is 18.1. The van der Waals surface area contributed by atoms with E-state index in [1.165, 1.54) is 38.3 Å². The number of benzene rings is 2. The highest BCUT2D eigenvalue weighted by molar-refractivity contribution is 7.89. The highest BCUT2D eigenvalue weighted by Crippen LogP contribution is 2.33. The van der Waals surface area contributed by atoms with Crippen molar-refractivity contribution in [2.75, 3.05) is 23.9 Å². The number of carbonyl (C=O) groups is 2. The van der Waals surface area contributed by atoms with Gasteiger partial charge in [0.2, 0.25) is 21.8 Å². The topological polar surface area (TPSA) is 105 Å². The first kappa shape index (κ1) is 22.1. The summed E-state index contributed by atoms with van der Waals surface area (Å²) in [6.45, 7) is 2.06. The molecule has 2 aromatic carbocycles. The summed E-state index contributed by atoms with van der Waals surface area (Å²) in [5, 5.41) is 3.07. The van der Waals surface area contributed by atoms with Crippen molar-refractivity contribution >= 4 is 44.8 Å². The number of amides is 2. The van der Waals surface area contributed by atoms with E-state index in [-0.39, 0.29) is 10.8 Å². The number of nitrogens with zero attached hydrogens (tertiary/aromatic N) is 1. The van der Waals surface area contributed by atoms with E-state index >= 15 is 0 Å². The molecule has 2 N–H and O–H groups in total. The minimum Gasteiger partial charge on any atom is -0.494 e. The van der Waals surface area contributed by atoms with Crippen LogP contribution in [-0.2, 0) is 19.6 Å². The van der Waals surface area contributed by atoms with Crippen LogP contribution in [0, 0.1) is 0 Å². The fraction of sp³-hybridized carbons (Fsp3) is 0.300. The van der Waals surface area contributed by atoms with E-state index < -0.39 is 22.0 Å². The van der Waals surface area contributed by atoms with Gasteiger partial charge in [-0.05, 0) is 49.7 Å². The lowest BCUT2D eigenvalue weighted by Gasteiger charge is -2.20. The highest BCUT2D eigenvalue weighted by atomic mass is 35.5. The Morgan fingerprint density at radius 3 is 2.50 bits per heavy atom. The zero-order chi connectivity index (χ0) is 21.9. The third-order valence-corrected chi connectivity index (χ3v) is 6.47. The lowest BCUT2D eigenvalue weighted by Crippen LogP contribution is -2.41. The molecule has 2 aromatic rings. The van der Waals surface area contributed by atoms with Gasteiger partial charge in [0.15, 0.2) is 0 Å². The van der Waals surface area contributed by atoms with Crippen LogP contribution in [0.15, 0.2) is 47.4 Å². The molecule has 3 rings (SSSR count). The predicted molar refractivity (Wildman–Crippen MR) is 114 cm³/mol. The van der Waals surface area contributed by atoms with E-state index in [9.17, 15) is 18.0 Å². The summed E-state index contributed by atoms with van der Waals surface area (Å²) in [7, 11) is -2.41. The summed E-state index contributed by atoms with van der Waals surface area (Å²) in [4.78, 5) is 26.1. The van der Waals surface area contributed by atoms with Gasteiger partial charge >= 0.3 is 0 Å². The fourth-order valence-corrected chi connectivity index (χ4v) is 4.43. The molecule has 2 amide bonds. The first-order chi connectivity index (χ1) is 14.2. The maximum atomic E-state index is 12.5. The van der Waals surface area contributed by atoms with E-state index in [1.807, 2.05) is 0 Å². The molecule has 1 saturated heterocycles. The molecule has 10 heteroatoms. The van der Waals surface area contributed by atoms with Crippen LogP contribution in [-0.4, -0.2) is 39.9 Å². The van der Waals surface area contributed by atoms with Crippen LogP contribution in [0.4, 0.5) is 11.4 Å². The molecule has 1 aliphatic rings. The number of nitrogens with one attached hydrogen (secondary N) is 2. The molecule has 1 fully saturated rings. The maximum Gasteiger partial charge on any atom is 0.242 e. The summed E-state index contributed by atoms with van der Waals surface area (Å²) in [6.07, 6.45) is 1.28. The SMILES string of the molecule is COc1cc(NC(=O)[C@H](C)NS(=O)(=O)c2ccc(Cl)cc2)ccc1N1CCCC1=O. The van der Waals surface area contributed by atoms with Gasteiger partial charge in [-0.25, -0.2) is 8.42 Å². The number of hydrogen-bond donors (Lipinski definition) is 2. The number of halogens is 1. The summed E-state index contributed by atoms with van der Waals surface area (Å²) < 4.78 is 32.6. The van der Waals surface area contributed by atoms with Gasteiger partial charge < -0.3 is 15.0 Å². The summed E-state index contributed by atoms with van der Waals surface area (Å²) in [6, 6.07) is 9.54. The minimum absolute atomic E-state index is 0.00727. The van der Waals surface area contributed by atoms with Crippen LogP contribution >= 0.6 is 11.6 Å². The number of rotatable bonds is 7. The molecule has 0 saturated carbocycles. The summed E-state index contributed by atoms with van der Waals surface area (Å²) in [5.41, 5.74) is 1.05. The van der Waals surface area contributed by atoms with Crippen molar-refractivity contribution < 1.29 is 22.7 Å². The molecular formula is C20H22ClN3O5S. The van der Waals surface area contributed by atoms with Crippen molar-refractivity contribution in [3.8, 4) is 5.75 Å². The van der Waals surface area contributed by atoms with Crippen molar-refractivity contribution in [1.82, 2.24) is 4.72 Å². The third-order valence-electron chi connectivity index (χ3n) is 4.66. The Morgan fingerprint density at radius 2 is 1.90 bits per heavy atom. The van der Waals surface area contributed by atoms with Crippen LogP contribution < -0.4 is 19.7 Å². The molecule has 0 radical (unpaired) electrons. The van der Waals surface area contributed by atoms with E-state index in [0.717, 1.165) is 6.42 Å². The van der Waals surface area contributed by atoms with Crippen molar-refractivity contribution in [2.24, 2.45) is 0 Å². The fourth-order valence-electron chi connectivity index (χ4n) is 3.10. The Bertz CT molecular complexity index is 1060. The van der Waals surface area contributed by atoms with Gasteiger partial charge in [-0.3, -0.25) is 9.59 Å². The number of carbonyl (C=O) groups excluding carboxylic acids is 2. The molecule has 0 aromatic heterocycles. The Hall–Kier alpha value is -2.62. The van der Waals surface area contributed by atoms with E-state index in [2.05, 4.69) is 10.0 Å². The molecule has 0 unspecified atom stereocenters. The molecule has 0 bridgehead atoms. The Kier molecular flexibility index (Phi) is 6.64. The lowest BCUT2D eigenvalue weighted by atomic mass is 10.2. The van der Waals surface area contributed by atoms with Crippen LogP contribution in [0.25, 0.3) is 0 Å². The van der Waals surface area contributed by atoms with E-state index in [0.29, 0.717) is 35.1 Å². The van der Waals surface area contributed by atoms with Crippen LogP contribution in [0.3, 0.4) is 0 Å². The van der Waals surface area contributed by atoms with Gasteiger partial charge in [0.1, 0.15) is 5.75 Å². The first-order valence-electron chi connectivity index (χ1n) is 9.28. The molecule has 0 aliphatic carbocycles. The number of methoxy groups -OCH3 is 1. The second kappa shape index (κ2) is 9.03. The molecule has 1 heterocycles. The maximum absolute atomic E-state index is 12.5. The van der Waals surface area contributed by atoms with Crippen LogP contribution in [0.2, 0.25) is 5.02 Å². The van der Waals surface area contributed by atoms with E-state index in [4.69, 9.17) is 16.3 Å². The molecule has 8 nitrogen and oxygen atoms in total. The quantitative estimate of drug-likeness (QED) is 0.673. The lowest BCUT2D eigenvalue weighted by molar-refractivity contribution is -0.118. The molecule has 0 spiro atoms. The molecular weight excluding hydrogens is 430 g/mol. The van der Waals surface area contributed by atoms with Gasteiger partial charge in [-0.15, -0.1) is 0 Å². The first-order valence-corrected chi connectivity index (χ1v) is 11.1. The Labute approximate surface area is 180 Å². The van der Waals surface area contributed by atoms with Crippen molar-refractivity contribution in [3.05, 3.63) is 47.5 Å². The van der Waals surface area contributed by atoms with Crippen LogP contribution in [0.5, 0.6) is 5.75 Å². The summed E-state index contributed by atoms with van der Waals surface area (Å²) >= 11 is 5.78. The molecule has 1 atom stereocenters. The Morgan fingerprint density at radius 1 is 1.20 bits per heavy atom. The average molecular weight is 452 g/mol. The molecule has 1 aliphatic heterocycles. The van der Waals surface area contributed by atoms with Gasteiger partial charge in [-0.1, -0.05) is 11.6 Å². The average Bonchev–Trinajstić information content (AvgIpc) is 3.13. The smallest absolute Gasteiger partial charge is 0.242 e. The van der Waals surface area contributed by atoms with E-state index in [1.54, 1.807) is 23.1 Å². The zero-order valence-electron chi connectivity index (χ0n) is 16.5. The van der Waals surface area contributed by atoms with Crippen molar-refractivity contribution in [1.29, 1.82) is 0 Å². The van der Waals surface area contributed by atoms with Gasteiger partial charge in [0.05, 0.1) is 23.7 Å². The summed E-state index contributed by atoms with van der Waals surface area (Å²) in [5.74, 6) is -0.0765. The highest BCUT2D eigenvalue weighted by Gasteiger charge is 2.25. The van der Waals surface area contributed by atoms with Gasteiger partial charge in [0, 0.05) is 29.7 Å². The second-order valence-corrected chi connectivity index (χ2v) is 8.97. The molecule has 30 heavy (non-hydrogen) atoms.